The summed E-state index contributed by atoms with van der Waals surface area (Å²) in [5.74, 6) is -0.377. The summed E-state index contributed by atoms with van der Waals surface area (Å²) >= 11 is 0. The van der Waals surface area contributed by atoms with Gasteiger partial charge < -0.3 is 18.9 Å². The Labute approximate surface area is 167 Å². The van der Waals surface area contributed by atoms with Crippen molar-refractivity contribution in [2.45, 2.75) is 53.1 Å². The highest BCUT2D eigenvalue weighted by molar-refractivity contribution is 5.78. The van der Waals surface area contributed by atoms with Crippen LogP contribution in [-0.2, 0) is 14.3 Å². The summed E-state index contributed by atoms with van der Waals surface area (Å²) in [5, 5.41) is 3.92. The predicted molar refractivity (Wildman–Crippen MR) is 104 cm³/mol. The van der Waals surface area contributed by atoms with Crippen LogP contribution in [0.2, 0.25) is 0 Å². The van der Waals surface area contributed by atoms with Gasteiger partial charge in [-0.25, -0.2) is 4.79 Å². The maximum atomic E-state index is 12.5. The zero-order chi connectivity index (χ0) is 21.1. The highest BCUT2D eigenvalue weighted by Gasteiger charge is 2.42. The number of ether oxygens (including phenoxy) is 2. The first-order valence-corrected chi connectivity index (χ1v) is 9.64. The van der Waals surface area contributed by atoms with Gasteiger partial charge >= 0.3 is 12.1 Å². The van der Waals surface area contributed by atoms with Crippen LogP contribution in [0.15, 0.2) is 10.6 Å². The molecule has 1 fully saturated rings. The van der Waals surface area contributed by atoms with E-state index in [9.17, 15) is 9.59 Å². The maximum Gasteiger partial charge on any atom is 0.410 e. The average molecular weight is 396 g/mol. The van der Waals surface area contributed by atoms with Crippen molar-refractivity contribution >= 4 is 12.1 Å². The van der Waals surface area contributed by atoms with E-state index >= 15 is 0 Å². The fourth-order valence-electron chi connectivity index (χ4n) is 3.54. The Morgan fingerprint density at radius 1 is 1.18 bits per heavy atom. The number of carbonyl (C=O) groups is 2. The molecule has 1 aliphatic rings. The van der Waals surface area contributed by atoms with Gasteiger partial charge in [0.15, 0.2) is 5.76 Å². The molecular weight excluding hydrogens is 362 g/mol. The summed E-state index contributed by atoms with van der Waals surface area (Å²) in [6.45, 7) is 14.7. The number of piperazine rings is 1. The average Bonchev–Trinajstić information content (AvgIpc) is 2.98. The van der Waals surface area contributed by atoms with Gasteiger partial charge in [-0.2, -0.15) is 0 Å². The van der Waals surface area contributed by atoms with Crippen LogP contribution in [0.25, 0.3) is 0 Å². The molecule has 1 unspecified atom stereocenters. The fraction of sp³-hybridized carbons (Fsp3) is 0.750. The predicted octanol–water partition coefficient (Wildman–Crippen LogP) is 2.82. The largest absolute Gasteiger partial charge is 0.468 e. The molecule has 1 aromatic heterocycles. The van der Waals surface area contributed by atoms with Crippen LogP contribution < -0.4 is 0 Å². The quantitative estimate of drug-likeness (QED) is 0.709. The van der Waals surface area contributed by atoms with Crippen molar-refractivity contribution in [3.05, 3.63) is 17.5 Å². The first-order valence-electron chi connectivity index (χ1n) is 9.64. The minimum absolute atomic E-state index is 0.281. The molecule has 0 radical (unpaired) electrons. The third-order valence-corrected chi connectivity index (χ3v) is 4.80. The summed E-state index contributed by atoms with van der Waals surface area (Å²) in [4.78, 5) is 28.7. The van der Waals surface area contributed by atoms with Crippen molar-refractivity contribution in [2.75, 3.05) is 39.8 Å². The van der Waals surface area contributed by atoms with Gasteiger partial charge in [0.2, 0.25) is 0 Å². The van der Waals surface area contributed by atoms with Gasteiger partial charge in [-0.15, -0.1) is 0 Å². The smallest absolute Gasteiger partial charge is 0.410 e. The standard InChI is InChI=1S/C20H33N3O5/c1-14-12-15(28-21-14)16(17(24)26-7)20(5,6)13-22-8-10-23(11-9-22)18(25)27-19(2,3)4/h12,16H,8-11,13H2,1-7H3. The lowest BCUT2D eigenvalue weighted by atomic mass is 9.76. The lowest BCUT2D eigenvalue weighted by Gasteiger charge is -2.40. The van der Waals surface area contributed by atoms with Gasteiger partial charge in [-0.05, 0) is 33.1 Å². The second-order valence-electron chi connectivity index (χ2n) is 9.06. The van der Waals surface area contributed by atoms with Gasteiger partial charge in [-0.1, -0.05) is 19.0 Å². The van der Waals surface area contributed by atoms with E-state index in [1.807, 2.05) is 41.5 Å². The summed E-state index contributed by atoms with van der Waals surface area (Å²) < 4.78 is 15.9. The van der Waals surface area contributed by atoms with Crippen LogP contribution in [0.1, 0.15) is 52.0 Å². The van der Waals surface area contributed by atoms with Crippen molar-refractivity contribution in [1.82, 2.24) is 15.0 Å². The van der Waals surface area contributed by atoms with E-state index in [0.29, 0.717) is 38.5 Å². The number of aryl methyl sites for hydroxylation is 1. The number of amides is 1. The lowest BCUT2D eigenvalue weighted by Crippen LogP contribution is -2.52. The van der Waals surface area contributed by atoms with Gasteiger partial charge in [0, 0.05) is 38.8 Å². The Bertz CT molecular complexity index is 684. The molecule has 0 bridgehead atoms. The van der Waals surface area contributed by atoms with Crippen LogP contribution in [0, 0.1) is 12.3 Å². The van der Waals surface area contributed by atoms with Crippen molar-refractivity contribution in [1.29, 1.82) is 0 Å². The first kappa shape index (κ1) is 22.2. The molecule has 1 saturated heterocycles. The number of hydrogen-bond donors (Lipinski definition) is 0. The number of rotatable bonds is 5. The number of hydrogen-bond acceptors (Lipinski definition) is 7. The Kier molecular flexibility index (Phi) is 6.75. The molecule has 2 rings (SSSR count). The number of esters is 1. The molecule has 0 aromatic carbocycles. The fourth-order valence-corrected chi connectivity index (χ4v) is 3.54. The number of methoxy groups -OCH3 is 1. The van der Waals surface area contributed by atoms with Gasteiger partial charge in [0.05, 0.1) is 12.8 Å². The second kappa shape index (κ2) is 8.51. The summed E-state index contributed by atoms with van der Waals surface area (Å²) in [6, 6.07) is 1.78. The van der Waals surface area contributed by atoms with Gasteiger partial charge in [0.25, 0.3) is 0 Å². The van der Waals surface area contributed by atoms with E-state index in [1.165, 1.54) is 7.11 Å². The van der Waals surface area contributed by atoms with Crippen LogP contribution in [-0.4, -0.2) is 72.5 Å². The molecule has 0 spiro atoms. The van der Waals surface area contributed by atoms with E-state index < -0.39 is 16.9 Å². The van der Waals surface area contributed by atoms with Crippen LogP contribution >= 0.6 is 0 Å². The Morgan fingerprint density at radius 2 is 1.79 bits per heavy atom. The molecule has 28 heavy (non-hydrogen) atoms. The number of aromatic nitrogens is 1. The third-order valence-electron chi connectivity index (χ3n) is 4.80. The molecule has 0 saturated carbocycles. The van der Waals surface area contributed by atoms with Gasteiger partial charge in [-0.3, -0.25) is 9.69 Å². The summed E-state index contributed by atoms with van der Waals surface area (Å²) in [5.41, 5.74) is -0.211. The third kappa shape index (κ3) is 5.70. The molecule has 8 nitrogen and oxygen atoms in total. The Hall–Kier alpha value is -2.09. The van der Waals surface area contributed by atoms with Crippen molar-refractivity contribution in [3.8, 4) is 0 Å². The van der Waals surface area contributed by atoms with E-state index in [1.54, 1.807) is 11.0 Å². The zero-order valence-corrected chi connectivity index (χ0v) is 18.1. The van der Waals surface area contributed by atoms with Crippen LogP contribution in [0.4, 0.5) is 4.79 Å². The number of nitrogens with zero attached hydrogens (tertiary/aromatic N) is 3. The highest BCUT2D eigenvalue weighted by atomic mass is 16.6. The molecule has 0 N–H and O–H groups in total. The molecule has 1 aliphatic heterocycles. The molecule has 0 aliphatic carbocycles. The van der Waals surface area contributed by atoms with Crippen LogP contribution in [0.3, 0.4) is 0 Å². The minimum atomic E-state index is -0.553. The molecule has 8 heteroatoms. The minimum Gasteiger partial charge on any atom is -0.468 e. The highest BCUT2D eigenvalue weighted by Crippen LogP contribution is 2.38. The summed E-state index contributed by atoms with van der Waals surface area (Å²) in [7, 11) is 1.38. The van der Waals surface area contributed by atoms with E-state index in [2.05, 4.69) is 10.1 Å². The molecule has 1 aromatic rings. The number of carbonyl (C=O) groups excluding carboxylic acids is 2. The zero-order valence-electron chi connectivity index (χ0n) is 18.1. The summed E-state index contributed by atoms with van der Waals surface area (Å²) in [6.07, 6.45) is -0.281. The monoisotopic (exact) mass is 395 g/mol. The first-order chi connectivity index (χ1) is 12.9. The molecule has 158 valence electrons. The second-order valence-corrected chi connectivity index (χ2v) is 9.06. The van der Waals surface area contributed by atoms with E-state index in [-0.39, 0.29) is 12.1 Å². The normalized spacial score (nSPS) is 17.3. The van der Waals surface area contributed by atoms with Crippen molar-refractivity contribution < 1.29 is 23.6 Å². The Morgan fingerprint density at radius 3 is 2.25 bits per heavy atom. The van der Waals surface area contributed by atoms with Gasteiger partial charge in [0.1, 0.15) is 11.5 Å². The molecular formula is C20H33N3O5. The van der Waals surface area contributed by atoms with E-state index in [4.69, 9.17) is 14.0 Å². The molecule has 1 atom stereocenters. The molecule has 2 heterocycles. The van der Waals surface area contributed by atoms with Crippen molar-refractivity contribution in [3.63, 3.8) is 0 Å². The van der Waals surface area contributed by atoms with Crippen molar-refractivity contribution in [2.24, 2.45) is 5.41 Å². The lowest BCUT2D eigenvalue weighted by molar-refractivity contribution is -0.146. The van der Waals surface area contributed by atoms with Crippen LogP contribution in [0.5, 0.6) is 0 Å². The molecule has 1 amide bonds. The topological polar surface area (TPSA) is 85.1 Å². The Balaban J connectivity index is 2.01. The van der Waals surface area contributed by atoms with E-state index in [0.717, 1.165) is 5.69 Å². The SMILES string of the molecule is COC(=O)C(c1cc(C)no1)C(C)(C)CN1CCN(C(=O)OC(C)(C)C)CC1. The maximum absolute atomic E-state index is 12.5.